The Bertz CT molecular complexity index is 996. The van der Waals surface area contributed by atoms with Crippen LogP contribution in [0.3, 0.4) is 0 Å². The quantitative estimate of drug-likeness (QED) is 0.755. The third-order valence-electron chi connectivity index (χ3n) is 5.32. The maximum absolute atomic E-state index is 12.7. The van der Waals surface area contributed by atoms with E-state index in [9.17, 15) is 14.7 Å². The largest absolute Gasteiger partial charge is 0.508 e. The lowest BCUT2D eigenvalue weighted by molar-refractivity contribution is -0.151. The van der Waals surface area contributed by atoms with Gasteiger partial charge in [-0.2, -0.15) is 0 Å². The van der Waals surface area contributed by atoms with Crippen molar-refractivity contribution < 1.29 is 33.6 Å². The average Bonchev–Trinajstić information content (AvgIpc) is 3.15. The monoisotopic (exact) mass is 410 g/mol. The summed E-state index contributed by atoms with van der Waals surface area (Å²) in [6.45, 7) is 1.37. The molecule has 0 bridgehead atoms. The van der Waals surface area contributed by atoms with Crippen molar-refractivity contribution in [3.8, 4) is 11.5 Å². The predicted octanol–water partition coefficient (Wildman–Crippen LogP) is 3.43. The highest BCUT2D eigenvalue weighted by atomic mass is 16.6. The molecule has 0 aromatic heterocycles. The molecule has 0 amide bonds. The second-order valence-electron chi connectivity index (χ2n) is 7.21. The van der Waals surface area contributed by atoms with Crippen molar-refractivity contribution in [1.82, 2.24) is 0 Å². The Hall–Kier alpha value is -3.48. The van der Waals surface area contributed by atoms with Crippen molar-refractivity contribution in [3.05, 3.63) is 71.0 Å². The minimum absolute atomic E-state index is 0.0149. The third-order valence-corrected chi connectivity index (χ3v) is 5.32. The van der Waals surface area contributed by atoms with Gasteiger partial charge in [0, 0.05) is 18.9 Å². The number of carbonyl (C=O) groups is 2. The first-order valence-electron chi connectivity index (χ1n) is 9.63. The number of hydrogen-bond acceptors (Lipinski definition) is 7. The van der Waals surface area contributed by atoms with Crippen LogP contribution in [0.25, 0.3) is 0 Å². The number of aliphatic hydroxyl groups excluding tert-OH is 1. The van der Waals surface area contributed by atoms with Crippen LogP contribution in [0.4, 0.5) is 0 Å². The zero-order chi connectivity index (χ0) is 21.3. The smallest absolute Gasteiger partial charge is 0.338 e. The first-order chi connectivity index (χ1) is 14.5. The third kappa shape index (κ3) is 3.58. The molecule has 0 spiro atoms. The lowest BCUT2D eigenvalue weighted by atomic mass is 9.80. The molecular weight excluding hydrogens is 388 g/mol. The molecule has 0 radical (unpaired) electrons. The fourth-order valence-corrected chi connectivity index (χ4v) is 4.03. The topological polar surface area (TPSA) is 91.3 Å². The van der Waals surface area contributed by atoms with Crippen molar-refractivity contribution in [2.75, 3.05) is 7.11 Å². The number of carbonyl (C=O) groups excluding carboxylic acids is 2. The maximum atomic E-state index is 12.7. The van der Waals surface area contributed by atoms with Gasteiger partial charge in [0.1, 0.15) is 30.0 Å². The van der Waals surface area contributed by atoms with Gasteiger partial charge in [-0.05, 0) is 17.7 Å². The first kappa shape index (κ1) is 19.8. The highest BCUT2D eigenvalue weighted by molar-refractivity contribution is 5.90. The molecule has 1 aliphatic heterocycles. The Morgan fingerprint density at radius 2 is 1.90 bits per heavy atom. The molecule has 2 aromatic carbocycles. The van der Waals surface area contributed by atoms with Gasteiger partial charge in [-0.25, -0.2) is 4.79 Å². The Morgan fingerprint density at radius 1 is 1.13 bits per heavy atom. The van der Waals surface area contributed by atoms with E-state index >= 15 is 0 Å². The van der Waals surface area contributed by atoms with Crippen molar-refractivity contribution >= 4 is 11.9 Å². The van der Waals surface area contributed by atoms with E-state index in [1.54, 1.807) is 18.2 Å². The number of ether oxygens (including phenoxy) is 4. The zero-order valence-corrected chi connectivity index (χ0v) is 16.7. The van der Waals surface area contributed by atoms with Crippen LogP contribution in [0.5, 0.6) is 11.5 Å². The summed E-state index contributed by atoms with van der Waals surface area (Å²) in [6, 6.07) is 14.5. The Kier molecular flexibility index (Phi) is 5.35. The maximum Gasteiger partial charge on any atom is 0.338 e. The molecule has 7 heteroatoms. The van der Waals surface area contributed by atoms with Crippen molar-refractivity contribution in [1.29, 1.82) is 0 Å². The minimum atomic E-state index is -0.867. The summed E-state index contributed by atoms with van der Waals surface area (Å²) in [6.07, 6.45) is -1.56. The Morgan fingerprint density at radius 3 is 2.60 bits per heavy atom. The van der Waals surface area contributed by atoms with Crippen molar-refractivity contribution in [2.24, 2.45) is 0 Å². The van der Waals surface area contributed by atoms with Gasteiger partial charge in [-0.15, -0.1) is 0 Å². The number of fused-ring (bicyclic) bond motifs is 3. The number of rotatable bonds is 5. The molecule has 0 fully saturated rings. The second-order valence-corrected chi connectivity index (χ2v) is 7.21. The number of methoxy groups -OCH3 is 1. The standard InChI is InChI=1S/C23H22O7/c1-13(24)29-18-11-15(23(26)28-12-14-7-4-3-5-8-14)21(25)22-20(18)19-16(27-2)9-6-10-17(19)30-22/h3-10,18,20,22,25H,11-12H2,1-2H3/t18-,20-,22+/m0/s1. The summed E-state index contributed by atoms with van der Waals surface area (Å²) in [5.41, 5.74) is 1.58. The van der Waals surface area contributed by atoms with Crippen molar-refractivity contribution in [2.45, 2.75) is 38.1 Å². The molecule has 156 valence electrons. The highest BCUT2D eigenvalue weighted by Crippen LogP contribution is 2.51. The van der Waals surface area contributed by atoms with Crippen LogP contribution in [0.1, 0.15) is 30.4 Å². The van der Waals surface area contributed by atoms with E-state index in [1.807, 2.05) is 30.3 Å². The molecule has 3 atom stereocenters. The van der Waals surface area contributed by atoms with E-state index in [0.29, 0.717) is 17.1 Å². The Labute approximate surface area is 173 Å². The normalized spacial score (nSPS) is 21.9. The van der Waals surface area contributed by atoms with Gasteiger partial charge in [0.05, 0.1) is 18.6 Å². The molecule has 2 aliphatic rings. The van der Waals surface area contributed by atoms with Crippen LogP contribution in [-0.4, -0.2) is 36.4 Å². The van der Waals surface area contributed by atoms with Gasteiger partial charge in [-0.3, -0.25) is 4.79 Å². The predicted molar refractivity (Wildman–Crippen MR) is 106 cm³/mol. The number of benzene rings is 2. The van der Waals surface area contributed by atoms with Crippen LogP contribution >= 0.6 is 0 Å². The van der Waals surface area contributed by atoms with Gasteiger partial charge >= 0.3 is 11.9 Å². The van der Waals surface area contributed by atoms with Crippen LogP contribution in [-0.2, 0) is 25.7 Å². The summed E-state index contributed by atoms with van der Waals surface area (Å²) in [5.74, 6) is -0.767. The minimum Gasteiger partial charge on any atom is -0.508 e. The fraction of sp³-hybridized carbons (Fsp3) is 0.304. The van der Waals surface area contributed by atoms with Gasteiger partial charge < -0.3 is 24.1 Å². The lowest BCUT2D eigenvalue weighted by Gasteiger charge is -2.33. The van der Waals surface area contributed by atoms with E-state index in [-0.39, 0.29) is 24.4 Å². The van der Waals surface area contributed by atoms with Gasteiger partial charge in [0.25, 0.3) is 0 Å². The lowest BCUT2D eigenvalue weighted by Crippen LogP contribution is -2.40. The molecule has 1 aliphatic carbocycles. The van der Waals surface area contributed by atoms with Crippen LogP contribution < -0.4 is 9.47 Å². The molecule has 2 aromatic rings. The summed E-state index contributed by atoms with van der Waals surface area (Å²) < 4.78 is 22.3. The molecule has 30 heavy (non-hydrogen) atoms. The molecule has 1 heterocycles. The van der Waals surface area contributed by atoms with Crippen molar-refractivity contribution in [3.63, 3.8) is 0 Å². The zero-order valence-electron chi connectivity index (χ0n) is 16.7. The fourth-order valence-electron chi connectivity index (χ4n) is 4.03. The van der Waals surface area contributed by atoms with E-state index in [2.05, 4.69) is 0 Å². The van der Waals surface area contributed by atoms with E-state index in [1.165, 1.54) is 14.0 Å². The molecule has 0 saturated heterocycles. The molecule has 0 saturated carbocycles. The summed E-state index contributed by atoms with van der Waals surface area (Å²) in [7, 11) is 1.54. The first-order valence-corrected chi connectivity index (χ1v) is 9.63. The summed E-state index contributed by atoms with van der Waals surface area (Å²) in [5, 5.41) is 10.9. The molecular formula is C23H22O7. The number of hydrogen-bond donors (Lipinski definition) is 1. The summed E-state index contributed by atoms with van der Waals surface area (Å²) in [4.78, 5) is 24.5. The molecule has 1 N–H and O–H groups in total. The van der Waals surface area contributed by atoms with Crippen LogP contribution in [0.2, 0.25) is 0 Å². The Balaban J connectivity index is 1.65. The number of esters is 2. The second kappa shape index (κ2) is 8.10. The highest BCUT2D eigenvalue weighted by Gasteiger charge is 2.51. The molecule has 4 rings (SSSR count). The van der Waals surface area contributed by atoms with Crippen LogP contribution in [0, 0.1) is 0 Å². The van der Waals surface area contributed by atoms with Crippen LogP contribution in [0.15, 0.2) is 59.9 Å². The SMILES string of the molecule is COc1cccc2c1[C@@H]1[C@@H](OC(C)=O)CC(C(=O)OCc3ccccc3)=C(O)[C@@H]1O2. The number of aliphatic hydroxyl groups is 1. The van der Waals surface area contributed by atoms with Gasteiger partial charge in [-0.1, -0.05) is 36.4 Å². The molecule has 7 nitrogen and oxygen atoms in total. The van der Waals surface area contributed by atoms with Gasteiger partial charge in [0.15, 0.2) is 6.10 Å². The summed E-state index contributed by atoms with van der Waals surface area (Å²) >= 11 is 0. The average molecular weight is 410 g/mol. The van der Waals surface area contributed by atoms with E-state index in [4.69, 9.17) is 18.9 Å². The van der Waals surface area contributed by atoms with E-state index < -0.39 is 30.1 Å². The van der Waals surface area contributed by atoms with Gasteiger partial charge in [0.2, 0.25) is 0 Å². The molecule has 0 unspecified atom stereocenters. The van der Waals surface area contributed by atoms with E-state index in [0.717, 1.165) is 5.56 Å².